The van der Waals surface area contributed by atoms with Gasteiger partial charge in [0.25, 0.3) is 6.08 Å². The van der Waals surface area contributed by atoms with Crippen molar-refractivity contribution in [2.75, 3.05) is 0 Å². The Morgan fingerprint density at radius 3 is 0.944 bits per heavy atom. The smallest absolute Gasteiger partial charge is 0 e. The van der Waals surface area contributed by atoms with Crippen molar-refractivity contribution in [1.82, 2.24) is 0 Å². The van der Waals surface area contributed by atoms with Crippen LogP contribution in [0.2, 0.25) is 0 Å². The van der Waals surface area contributed by atoms with Crippen LogP contribution in [0.25, 0.3) is 4.85 Å². The Bertz CT molecular complexity index is 277. The van der Waals surface area contributed by atoms with Crippen molar-refractivity contribution in [3.05, 3.63) is 55.9 Å². The van der Waals surface area contributed by atoms with Crippen LogP contribution in [0.15, 0.2) is 11.2 Å². The molecule has 0 aliphatic heterocycles. The van der Waals surface area contributed by atoms with Gasteiger partial charge in [-0.05, 0) is 0 Å². The zero-order valence-corrected chi connectivity index (χ0v) is 10.1. The monoisotopic (exact) mass is 315 g/mol. The zero-order chi connectivity index (χ0) is 15.9. The van der Waals surface area contributed by atoms with Crippen LogP contribution in [0, 0.1) is 39.8 Å². The molecule has 0 N–H and O–H groups in total. The molecule has 0 unspecified atom stereocenters. The minimum Gasteiger partial charge on any atom is 0 e. The molecule has 0 bridgehead atoms. The van der Waals surface area contributed by atoms with Gasteiger partial charge in [0.2, 0.25) is 0 Å². The van der Waals surface area contributed by atoms with Crippen LogP contribution in [-0.4, -0.2) is 0 Å². The van der Waals surface area contributed by atoms with Gasteiger partial charge in [0, 0.05) is 17.4 Å². The third-order valence-electron chi connectivity index (χ3n) is 0.254. The molecule has 0 rings (SSSR count). The van der Waals surface area contributed by atoms with E-state index in [9.17, 15) is 8.78 Å². The molecule has 0 fully saturated rings. The Kier molecular flexibility index (Phi) is 258. The van der Waals surface area contributed by atoms with Crippen molar-refractivity contribution >= 4 is 11.6 Å². The molecule has 0 aliphatic carbocycles. The summed E-state index contributed by atoms with van der Waals surface area (Å²) < 4.78 is 59.4. The molecule has 0 saturated heterocycles. The summed E-state index contributed by atoms with van der Waals surface area (Å²) in [5.41, 5.74) is 0. The quantitative estimate of drug-likeness (QED) is 0.371. The first-order valence-electron chi connectivity index (χ1n) is 2.28. The van der Waals surface area contributed by atoms with Crippen molar-refractivity contribution in [1.29, 1.82) is 0 Å². The van der Waals surface area contributed by atoms with Gasteiger partial charge in [0.15, 0.2) is 0 Å². The van der Waals surface area contributed by atoms with Crippen molar-refractivity contribution in [3.8, 4) is 0 Å². The average molecular weight is 316 g/mol. The first-order chi connectivity index (χ1) is 8.18. The van der Waals surface area contributed by atoms with Crippen molar-refractivity contribution in [2.45, 2.75) is 0 Å². The van der Waals surface area contributed by atoms with Crippen LogP contribution >= 0.6 is 11.6 Å². The van der Waals surface area contributed by atoms with Crippen LogP contribution in [0.4, 0.5) is 8.78 Å². The maximum absolute atomic E-state index is 11.0. The van der Waals surface area contributed by atoms with Gasteiger partial charge in [-0.15, -0.1) is 11.6 Å². The minimum absolute atomic E-state index is 0. The SMILES string of the molecule is [C-]#[N+]C(Cl)=C(F)F.[C-]#[O+].[C-]#[O+].[C-]#[O+].[C-]#[O+].[C-]#[O+].[Cr]. The van der Waals surface area contributed by atoms with Gasteiger partial charge in [0.05, 0.1) is 6.57 Å². The van der Waals surface area contributed by atoms with E-state index in [-0.39, 0.29) is 17.4 Å². The minimum atomic E-state index is -2.13. The number of halogens is 3. The molecule has 94 valence electrons. The fourth-order valence-electron chi connectivity index (χ4n) is 0.0423. The van der Waals surface area contributed by atoms with E-state index < -0.39 is 11.2 Å². The summed E-state index contributed by atoms with van der Waals surface area (Å²) in [4.78, 5) is 2.23. The van der Waals surface area contributed by atoms with Crippen LogP contribution in [0.5, 0.6) is 0 Å². The number of nitrogens with zero attached hydrogens (tertiary/aromatic N) is 1. The van der Waals surface area contributed by atoms with E-state index >= 15 is 0 Å². The first-order valence-corrected chi connectivity index (χ1v) is 2.66. The van der Waals surface area contributed by atoms with E-state index in [4.69, 9.17) is 29.8 Å². The summed E-state index contributed by atoms with van der Waals surface area (Å²) in [7, 11) is 0. The van der Waals surface area contributed by atoms with Crippen molar-refractivity contribution in [2.24, 2.45) is 0 Å². The van der Waals surface area contributed by atoms with E-state index in [1.807, 2.05) is 0 Å². The second-order valence-electron chi connectivity index (χ2n) is 0.663. The molecule has 6 nitrogen and oxygen atoms in total. The maximum atomic E-state index is 11.0. The predicted molar refractivity (Wildman–Crippen MR) is 41.3 cm³/mol. The standard InChI is InChI=1S/C3ClF2N.5CO.Cr/c1-7-2(4)3(5)6;5*1-2;. The molecular formula is C8ClCrF2NO5. The molecule has 0 atom stereocenters. The molecule has 0 aromatic heterocycles. The third-order valence-corrected chi connectivity index (χ3v) is 0.481. The van der Waals surface area contributed by atoms with E-state index in [2.05, 4.69) is 49.7 Å². The first kappa shape index (κ1) is 43.8. The molecule has 0 saturated carbocycles. The fraction of sp³-hybridized carbons (Fsp3) is 0. The summed E-state index contributed by atoms with van der Waals surface area (Å²) in [5.74, 6) is 0. The molecule has 10 heteroatoms. The number of rotatable bonds is 0. The Balaban J connectivity index is -0.0000000189. The Hall–Kier alpha value is -1.39. The molecule has 0 amide bonds. The molecule has 0 aliphatic rings. The van der Waals surface area contributed by atoms with Crippen molar-refractivity contribution < 1.29 is 49.4 Å². The molecule has 0 heterocycles. The van der Waals surface area contributed by atoms with Crippen LogP contribution in [0.3, 0.4) is 0 Å². The largest absolute Gasteiger partial charge is 0 e. The van der Waals surface area contributed by atoms with E-state index in [1.165, 1.54) is 0 Å². The number of hydrogen-bond donors (Lipinski definition) is 0. The van der Waals surface area contributed by atoms with Gasteiger partial charge in [-0.25, -0.2) is 4.85 Å². The Morgan fingerprint density at radius 1 is 0.778 bits per heavy atom. The van der Waals surface area contributed by atoms with Crippen LogP contribution in [-0.2, 0) is 40.6 Å². The van der Waals surface area contributed by atoms with Crippen LogP contribution in [0.1, 0.15) is 0 Å². The maximum Gasteiger partial charge on any atom is 0 e. The Labute approximate surface area is 117 Å². The van der Waals surface area contributed by atoms with Gasteiger partial charge < -0.3 is 0 Å². The van der Waals surface area contributed by atoms with Gasteiger partial charge in [-0.2, -0.15) is 8.78 Å². The molecular weight excluding hydrogens is 316 g/mol. The number of hydrogen-bond acceptors (Lipinski definition) is 0. The second kappa shape index (κ2) is 106. The van der Waals surface area contributed by atoms with Gasteiger partial charge >= 0.3 is 61.7 Å². The van der Waals surface area contributed by atoms with E-state index in [1.54, 1.807) is 0 Å². The third kappa shape index (κ3) is 127. The summed E-state index contributed by atoms with van der Waals surface area (Å²) in [5, 5.41) is -1.06. The normalized spacial score (nSPS) is 3.33. The topological polar surface area (TPSA) is 104 Å². The Morgan fingerprint density at radius 2 is 0.944 bits per heavy atom. The second-order valence-corrected chi connectivity index (χ2v) is 1.02. The predicted octanol–water partition coefficient (Wildman–Crippen LogP) is 2.02. The summed E-state index contributed by atoms with van der Waals surface area (Å²) in [6.07, 6.45) is -2.13. The summed E-state index contributed by atoms with van der Waals surface area (Å²) in [6.45, 7) is 28.4. The fourth-order valence-corrected chi connectivity index (χ4v) is 0.0423. The average Bonchev–Trinajstić information content (AvgIpc) is 2.48. The van der Waals surface area contributed by atoms with Crippen LogP contribution < -0.4 is 0 Å². The molecule has 18 heavy (non-hydrogen) atoms. The van der Waals surface area contributed by atoms with Gasteiger partial charge in [-0.3, -0.25) is 0 Å². The van der Waals surface area contributed by atoms with E-state index in [0.717, 1.165) is 0 Å². The molecule has 0 spiro atoms. The van der Waals surface area contributed by atoms with Gasteiger partial charge in [-0.1, -0.05) is 0 Å². The van der Waals surface area contributed by atoms with E-state index in [0.29, 0.717) is 0 Å². The zero-order valence-electron chi connectivity index (χ0n) is 8.03. The van der Waals surface area contributed by atoms with Crippen molar-refractivity contribution in [3.63, 3.8) is 0 Å². The molecule has 0 aromatic carbocycles. The summed E-state index contributed by atoms with van der Waals surface area (Å²) in [6, 6.07) is 0. The van der Waals surface area contributed by atoms with Gasteiger partial charge in [0.1, 0.15) is 0 Å². The molecule has 0 radical (unpaired) electrons. The molecule has 0 aromatic rings. The summed E-state index contributed by atoms with van der Waals surface area (Å²) >= 11 is 4.58.